The number of anilines is 1. The second-order valence-corrected chi connectivity index (χ2v) is 9.18. The third kappa shape index (κ3) is 2.99. The van der Waals surface area contributed by atoms with Crippen molar-refractivity contribution >= 4 is 40.7 Å². The highest BCUT2D eigenvalue weighted by atomic mass is 32.2. The lowest BCUT2D eigenvalue weighted by atomic mass is 9.80. The number of benzene rings is 2. The van der Waals surface area contributed by atoms with E-state index in [1.807, 2.05) is 43.3 Å². The van der Waals surface area contributed by atoms with Crippen molar-refractivity contribution in [3.8, 4) is 5.75 Å². The van der Waals surface area contributed by atoms with Gasteiger partial charge in [0.25, 0.3) is 0 Å². The molecule has 3 heterocycles. The molecule has 2 aliphatic heterocycles. The Bertz CT molecular complexity index is 1200. The zero-order valence-corrected chi connectivity index (χ0v) is 16.9. The minimum atomic E-state index is -0.724. The zero-order chi connectivity index (χ0) is 20.1. The van der Waals surface area contributed by atoms with Gasteiger partial charge in [-0.15, -0.1) is 0 Å². The summed E-state index contributed by atoms with van der Waals surface area (Å²) in [5.41, 5.74) is 2.45. The van der Waals surface area contributed by atoms with Crippen molar-refractivity contribution in [1.82, 2.24) is 4.98 Å². The number of aromatic nitrogens is 1. The van der Waals surface area contributed by atoms with E-state index < -0.39 is 17.1 Å². The number of hydrogen-bond donors (Lipinski definition) is 2. The van der Waals surface area contributed by atoms with E-state index in [1.54, 1.807) is 12.1 Å². The van der Waals surface area contributed by atoms with Gasteiger partial charge in [-0.3, -0.25) is 14.4 Å². The Balaban J connectivity index is 1.60. The van der Waals surface area contributed by atoms with Crippen molar-refractivity contribution in [2.75, 3.05) is 5.32 Å². The van der Waals surface area contributed by atoms with Crippen LogP contribution in [0.15, 0.2) is 58.4 Å². The molecule has 2 aromatic carbocycles. The van der Waals surface area contributed by atoms with Crippen LogP contribution < -0.4 is 14.9 Å². The number of para-hydroxylation sites is 2. The van der Waals surface area contributed by atoms with E-state index in [-0.39, 0.29) is 16.7 Å². The predicted octanol–water partition coefficient (Wildman–Crippen LogP) is 3.52. The van der Waals surface area contributed by atoms with Crippen molar-refractivity contribution in [3.05, 3.63) is 74.2 Å². The molecule has 0 saturated heterocycles. The van der Waals surface area contributed by atoms with Gasteiger partial charge in [-0.2, -0.15) is 0 Å². The van der Waals surface area contributed by atoms with Gasteiger partial charge in [0.05, 0.1) is 10.9 Å². The van der Waals surface area contributed by atoms with Crippen LogP contribution in [-0.4, -0.2) is 22.1 Å². The van der Waals surface area contributed by atoms with Crippen LogP contribution in [0.2, 0.25) is 0 Å². The molecule has 0 radical (unpaired) electrons. The first-order valence-electron chi connectivity index (χ1n) is 9.09. The number of carbonyl (C=O) groups excluding carboxylic acids is 2. The monoisotopic (exact) mass is 424 g/mol. The number of thioether (sulfide) groups is 1. The molecule has 2 aliphatic rings. The fourth-order valence-electron chi connectivity index (χ4n) is 3.89. The summed E-state index contributed by atoms with van der Waals surface area (Å²) in [5, 5.41) is 2.86. The lowest BCUT2D eigenvalue weighted by Gasteiger charge is -2.38. The highest BCUT2D eigenvalue weighted by Crippen LogP contribution is 2.53. The summed E-state index contributed by atoms with van der Waals surface area (Å²) >= 11 is 2.31. The largest absolute Gasteiger partial charge is 0.426 e. The average Bonchev–Trinajstić information content (AvgIpc) is 3.09. The fraction of sp³-hybridized carbons (Fsp3) is 0.190. The number of carbonyl (C=O) groups is 2. The van der Waals surface area contributed by atoms with Crippen LogP contribution in [0.5, 0.6) is 5.75 Å². The smallest absolute Gasteiger partial charge is 0.317 e. The number of rotatable bonds is 2. The molecule has 5 rings (SSSR count). The Kier molecular flexibility index (Phi) is 4.33. The number of aryl methyl sites for hydroxylation is 1. The van der Waals surface area contributed by atoms with Crippen LogP contribution in [-0.2, 0) is 9.59 Å². The molecule has 0 fully saturated rings. The molecule has 6 nitrogen and oxygen atoms in total. The minimum absolute atomic E-state index is 0.197. The van der Waals surface area contributed by atoms with Crippen LogP contribution in [0.1, 0.15) is 21.9 Å². The van der Waals surface area contributed by atoms with Crippen LogP contribution in [0.25, 0.3) is 0 Å². The van der Waals surface area contributed by atoms with Crippen molar-refractivity contribution in [3.63, 3.8) is 0 Å². The van der Waals surface area contributed by atoms with Gasteiger partial charge in [0, 0.05) is 22.0 Å². The van der Waals surface area contributed by atoms with Crippen molar-refractivity contribution in [1.29, 1.82) is 0 Å². The second-order valence-electron chi connectivity index (χ2n) is 7.01. The summed E-state index contributed by atoms with van der Waals surface area (Å²) in [5.74, 6) is -1.35. The lowest BCUT2D eigenvalue weighted by Crippen LogP contribution is -2.46. The van der Waals surface area contributed by atoms with Crippen LogP contribution in [0.3, 0.4) is 0 Å². The summed E-state index contributed by atoms with van der Waals surface area (Å²) in [6, 6.07) is 14.8. The Morgan fingerprint density at radius 2 is 1.86 bits per heavy atom. The Morgan fingerprint density at radius 3 is 2.69 bits per heavy atom. The molecule has 0 saturated carbocycles. The van der Waals surface area contributed by atoms with Crippen molar-refractivity contribution in [2.45, 2.75) is 23.1 Å². The molecule has 0 bridgehead atoms. The summed E-state index contributed by atoms with van der Waals surface area (Å²) in [7, 11) is 0. The quantitative estimate of drug-likeness (QED) is 0.485. The molecule has 8 heteroatoms. The van der Waals surface area contributed by atoms with Gasteiger partial charge in [0.15, 0.2) is 0 Å². The number of ether oxygens (including phenoxy) is 1. The van der Waals surface area contributed by atoms with Gasteiger partial charge in [-0.1, -0.05) is 59.5 Å². The molecule has 0 unspecified atom stereocenters. The first-order chi connectivity index (χ1) is 14.0. The Labute approximate surface area is 174 Å². The van der Waals surface area contributed by atoms with E-state index in [9.17, 15) is 14.4 Å². The summed E-state index contributed by atoms with van der Waals surface area (Å²) < 4.78 is 5.56. The van der Waals surface area contributed by atoms with Gasteiger partial charge in [0.2, 0.25) is 5.91 Å². The third-order valence-corrected chi connectivity index (χ3v) is 7.67. The number of H-pyrrole nitrogens is 1. The highest BCUT2D eigenvalue weighted by Gasteiger charge is 2.51. The summed E-state index contributed by atoms with van der Waals surface area (Å²) in [6.07, 6.45) is 0. The number of fused-ring (bicyclic) bond motifs is 5. The number of aromatic amines is 1. The number of esters is 1. The number of nitrogens with one attached hydrogen (secondary N) is 2. The first kappa shape index (κ1) is 18.2. The molecule has 2 N–H and O–H groups in total. The first-order valence-corrected chi connectivity index (χ1v) is 10.8. The van der Waals surface area contributed by atoms with E-state index in [1.165, 1.54) is 11.8 Å². The molecular formula is C21H16N2O4S2. The Morgan fingerprint density at radius 1 is 1.10 bits per heavy atom. The fourth-order valence-corrected chi connectivity index (χ4v) is 6.35. The molecule has 146 valence electrons. The van der Waals surface area contributed by atoms with Crippen LogP contribution in [0, 0.1) is 12.8 Å². The lowest BCUT2D eigenvalue weighted by molar-refractivity contribution is -0.142. The SMILES string of the molecule is Cc1ccccc1NC(=O)[C@@H]1Sc2[nH]c(=O)sc2[C@H]2c3ccccc3OC(=O)[C@@H]21. The van der Waals surface area contributed by atoms with Crippen LogP contribution in [0.4, 0.5) is 5.69 Å². The standard InChI is InChI=1S/C21H16N2O4S2/c1-10-6-2-4-8-12(10)22-18(24)16-15-14(17-19(28-16)23-21(26)29-17)11-7-3-5-9-13(11)27-20(15)25/h2-9,14-16H,1H3,(H,22,24)(H,23,26)/t14-,15-,16+/m0/s1. The number of amides is 1. The Hall–Kier alpha value is -2.84. The molecule has 29 heavy (non-hydrogen) atoms. The topological polar surface area (TPSA) is 88.3 Å². The number of hydrogen-bond acceptors (Lipinski definition) is 6. The maximum absolute atomic E-state index is 13.2. The van der Waals surface area contributed by atoms with E-state index in [0.717, 1.165) is 27.3 Å². The predicted molar refractivity (Wildman–Crippen MR) is 112 cm³/mol. The van der Waals surface area contributed by atoms with Gasteiger partial charge in [0.1, 0.15) is 11.0 Å². The minimum Gasteiger partial charge on any atom is -0.426 e. The maximum Gasteiger partial charge on any atom is 0.317 e. The van der Waals surface area contributed by atoms with Gasteiger partial charge < -0.3 is 15.0 Å². The molecule has 0 spiro atoms. The molecular weight excluding hydrogens is 408 g/mol. The van der Waals surface area contributed by atoms with Gasteiger partial charge in [-0.05, 0) is 24.6 Å². The molecule has 3 atom stereocenters. The van der Waals surface area contributed by atoms with E-state index >= 15 is 0 Å². The third-order valence-electron chi connectivity index (χ3n) is 5.25. The zero-order valence-electron chi connectivity index (χ0n) is 15.3. The molecule has 0 aliphatic carbocycles. The highest BCUT2D eigenvalue weighted by molar-refractivity contribution is 8.00. The molecule has 3 aromatic rings. The van der Waals surface area contributed by atoms with Gasteiger partial charge >= 0.3 is 10.8 Å². The van der Waals surface area contributed by atoms with Crippen molar-refractivity contribution < 1.29 is 14.3 Å². The van der Waals surface area contributed by atoms with E-state index in [0.29, 0.717) is 16.5 Å². The maximum atomic E-state index is 13.2. The average molecular weight is 425 g/mol. The summed E-state index contributed by atoms with van der Waals surface area (Å²) in [6.45, 7) is 1.91. The summed E-state index contributed by atoms with van der Waals surface area (Å²) in [4.78, 5) is 41.7. The number of thiazole rings is 1. The molecule has 1 aromatic heterocycles. The molecule has 1 amide bonds. The van der Waals surface area contributed by atoms with Crippen LogP contribution >= 0.6 is 23.1 Å². The van der Waals surface area contributed by atoms with Crippen molar-refractivity contribution in [2.24, 2.45) is 5.92 Å². The van der Waals surface area contributed by atoms with Gasteiger partial charge in [-0.25, -0.2) is 0 Å². The normalized spacial score (nSPS) is 22.1. The second kappa shape index (κ2) is 6.89. The van der Waals surface area contributed by atoms with E-state index in [4.69, 9.17) is 4.74 Å². The van der Waals surface area contributed by atoms with E-state index in [2.05, 4.69) is 10.3 Å².